The van der Waals surface area contributed by atoms with Gasteiger partial charge in [-0.15, -0.1) is 0 Å². The molecule has 29 heavy (non-hydrogen) atoms. The van der Waals surface area contributed by atoms with Gasteiger partial charge in [0.15, 0.2) is 5.11 Å². The maximum atomic E-state index is 12.5. The molecule has 0 fully saturated rings. The Morgan fingerprint density at radius 1 is 1.00 bits per heavy atom. The number of halogens is 1. The fraction of sp³-hybridized carbons (Fsp3) is 0.300. The quantitative estimate of drug-likeness (QED) is 0.395. The number of benzene rings is 2. The molecule has 0 heterocycles. The molecule has 2 aromatic rings. The molecule has 2 rings (SSSR count). The number of ether oxygens (including phenoxy) is 4. The molecule has 0 unspecified atom stereocenters. The number of amides is 1. The number of anilines is 1. The summed E-state index contributed by atoms with van der Waals surface area (Å²) in [7, 11) is 3.22. The summed E-state index contributed by atoms with van der Waals surface area (Å²) in [6, 6.07) is 12.3. The fourth-order valence-corrected chi connectivity index (χ4v) is 2.94. The first kappa shape index (κ1) is 23.1. The second-order valence-corrected chi connectivity index (χ2v) is 7.03. The predicted octanol–water partition coefficient (Wildman–Crippen LogP) is 3.63. The van der Waals surface area contributed by atoms with Crippen LogP contribution in [-0.2, 0) is 9.47 Å². The molecule has 7 nitrogen and oxygen atoms in total. The Bertz CT molecular complexity index is 834. The minimum absolute atomic E-state index is 0.181. The van der Waals surface area contributed by atoms with Gasteiger partial charge < -0.3 is 24.3 Å². The Morgan fingerprint density at radius 2 is 1.72 bits per heavy atom. The topological polar surface area (TPSA) is 78.1 Å². The number of carbonyl (C=O) groups excluding carboxylic acids is 1. The van der Waals surface area contributed by atoms with Gasteiger partial charge >= 0.3 is 0 Å². The summed E-state index contributed by atoms with van der Waals surface area (Å²) in [6.45, 7) is 1.84. The van der Waals surface area contributed by atoms with Crippen molar-refractivity contribution in [3.63, 3.8) is 0 Å². The van der Waals surface area contributed by atoms with E-state index in [4.69, 9.17) is 31.2 Å². The predicted molar refractivity (Wildman–Crippen MR) is 119 cm³/mol. The van der Waals surface area contributed by atoms with Gasteiger partial charge in [0.1, 0.15) is 24.7 Å². The summed E-state index contributed by atoms with van der Waals surface area (Å²) in [5.41, 5.74) is 1.14. The van der Waals surface area contributed by atoms with Gasteiger partial charge in [-0.3, -0.25) is 10.1 Å². The van der Waals surface area contributed by atoms with Gasteiger partial charge in [-0.05, 0) is 58.5 Å². The zero-order valence-corrected chi connectivity index (χ0v) is 18.6. The summed E-state index contributed by atoms with van der Waals surface area (Å²) < 4.78 is 21.7. The van der Waals surface area contributed by atoms with E-state index in [1.807, 2.05) is 18.2 Å². The van der Waals surface area contributed by atoms with Crippen LogP contribution >= 0.6 is 28.1 Å². The lowest BCUT2D eigenvalue weighted by atomic mass is 10.2. The van der Waals surface area contributed by atoms with Crippen molar-refractivity contribution in [3.8, 4) is 11.5 Å². The molecule has 0 atom stereocenters. The van der Waals surface area contributed by atoms with E-state index in [9.17, 15) is 4.79 Å². The Morgan fingerprint density at radius 3 is 2.41 bits per heavy atom. The van der Waals surface area contributed by atoms with Crippen LogP contribution in [0.25, 0.3) is 0 Å². The summed E-state index contributed by atoms with van der Waals surface area (Å²) in [4.78, 5) is 12.5. The average Bonchev–Trinajstić information content (AvgIpc) is 2.69. The third kappa shape index (κ3) is 7.98. The molecule has 0 saturated heterocycles. The van der Waals surface area contributed by atoms with Gasteiger partial charge in [0.25, 0.3) is 5.91 Å². The SMILES string of the molecule is COCCOc1cccc(NC(=S)NC(=O)c2ccc(OCCOC)c(Br)c2)c1. The van der Waals surface area contributed by atoms with Crippen LogP contribution in [0.2, 0.25) is 0 Å². The van der Waals surface area contributed by atoms with Crippen molar-refractivity contribution in [3.05, 3.63) is 52.5 Å². The monoisotopic (exact) mass is 482 g/mol. The largest absolute Gasteiger partial charge is 0.491 e. The lowest BCUT2D eigenvalue weighted by Gasteiger charge is -2.12. The van der Waals surface area contributed by atoms with Gasteiger partial charge in [-0.2, -0.15) is 0 Å². The van der Waals surface area contributed by atoms with Crippen molar-refractivity contribution in [2.24, 2.45) is 0 Å². The highest BCUT2D eigenvalue weighted by Crippen LogP contribution is 2.26. The number of nitrogens with one attached hydrogen (secondary N) is 2. The van der Waals surface area contributed by atoms with Gasteiger partial charge in [0.05, 0.1) is 17.7 Å². The van der Waals surface area contributed by atoms with Crippen LogP contribution in [0, 0.1) is 0 Å². The molecule has 0 saturated carbocycles. The Kier molecular flexibility index (Phi) is 9.85. The van der Waals surface area contributed by atoms with Crippen LogP contribution in [0.3, 0.4) is 0 Å². The number of thiocarbonyl (C=S) groups is 1. The van der Waals surface area contributed by atoms with Crippen LogP contribution < -0.4 is 20.1 Å². The highest BCUT2D eigenvalue weighted by atomic mass is 79.9. The van der Waals surface area contributed by atoms with E-state index in [0.29, 0.717) is 53.7 Å². The number of hydrogen-bond acceptors (Lipinski definition) is 6. The van der Waals surface area contributed by atoms with Gasteiger partial charge in [0.2, 0.25) is 0 Å². The molecule has 0 spiro atoms. The number of methoxy groups -OCH3 is 2. The molecular formula is C20H23BrN2O5S. The Labute approximate surface area is 183 Å². The Balaban J connectivity index is 1.91. The summed E-state index contributed by atoms with van der Waals surface area (Å²) in [5, 5.41) is 5.81. The van der Waals surface area contributed by atoms with Gasteiger partial charge in [-0.25, -0.2) is 0 Å². The molecule has 156 valence electrons. The zero-order valence-electron chi connectivity index (χ0n) is 16.2. The van der Waals surface area contributed by atoms with Crippen molar-refractivity contribution in [1.82, 2.24) is 5.32 Å². The molecule has 0 aromatic heterocycles. The summed E-state index contributed by atoms with van der Waals surface area (Å²) in [5.74, 6) is 0.970. The molecule has 9 heteroatoms. The van der Waals surface area contributed by atoms with Crippen LogP contribution in [0.1, 0.15) is 10.4 Å². The first-order valence-corrected chi connectivity index (χ1v) is 9.99. The van der Waals surface area contributed by atoms with Crippen molar-refractivity contribution in [1.29, 1.82) is 0 Å². The molecule has 1 amide bonds. The van der Waals surface area contributed by atoms with Crippen molar-refractivity contribution < 1.29 is 23.7 Å². The maximum Gasteiger partial charge on any atom is 0.257 e. The summed E-state index contributed by atoms with van der Waals surface area (Å²) in [6.07, 6.45) is 0. The van der Waals surface area contributed by atoms with Crippen molar-refractivity contribution >= 4 is 44.9 Å². The lowest BCUT2D eigenvalue weighted by Crippen LogP contribution is -2.34. The zero-order chi connectivity index (χ0) is 21.1. The van der Waals surface area contributed by atoms with E-state index in [1.165, 1.54) is 0 Å². The molecule has 0 bridgehead atoms. The molecule has 2 N–H and O–H groups in total. The van der Waals surface area contributed by atoms with Crippen LogP contribution in [0.5, 0.6) is 11.5 Å². The van der Waals surface area contributed by atoms with Gasteiger partial charge in [0, 0.05) is 31.5 Å². The maximum absolute atomic E-state index is 12.5. The van der Waals surface area contributed by atoms with Crippen LogP contribution in [0.4, 0.5) is 5.69 Å². The second-order valence-electron chi connectivity index (χ2n) is 5.76. The standard InChI is InChI=1S/C20H23BrN2O5S/c1-25-8-10-27-16-5-3-4-15(13-16)22-20(29)23-19(24)14-6-7-18(17(21)12-14)28-11-9-26-2/h3-7,12-13H,8-11H2,1-2H3,(H2,22,23,24,29). The third-order valence-corrected chi connectivity index (χ3v) is 4.44. The average molecular weight is 483 g/mol. The van der Waals surface area contributed by atoms with Crippen LogP contribution in [0.15, 0.2) is 46.9 Å². The van der Waals surface area contributed by atoms with E-state index in [0.717, 1.165) is 0 Å². The second kappa shape index (κ2) is 12.4. The number of hydrogen-bond donors (Lipinski definition) is 2. The third-order valence-electron chi connectivity index (χ3n) is 3.61. The van der Waals surface area contributed by atoms with E-state index < -0.39 is 0 Å². The van der Waals surface area contributed by atoms with Crippen molar-refractivity contribution in [2.75, 3.05) is 46.0 Å². The minimum Gasteiger partial charge on any atom is -0.491 e. The van der Waals surface area contributed by atoms with Gasteiger partial charge in [-0.1, -0.05) is 6.07 Å². The minimum atomic E-state index is -0.334. The number of carbonyl (C=O) groups is 1. The highest BCUT2D eigenvalue weighted by molar-refractivity contribution is 9.10. The number of rotatable bonds is 10. The lowest BCUT2D eigenvalue weighted by molar-refractivity contribution is 0.0977. The van der Waals surface area contributed by atoms with E-state index in [1.54, 1.807) is 38.5 Å². The summed E-state index contributed by atoms with van der Waals surface area (Å²) >= 11 is 8.64. The molecular weight excluding hydrogens is 460 g/mol. The van der Waals surface area contributed by atoms with E-state index >= 15 is 0 Å². The molecule has 2 aromatic carbocycles. The van der Waals surface area contributed by atoms with Crippen LogP contribution in [-0.4, -0.2) is 51.7 Å². The van der Waals surface area contributed by atoms with E-state index in [-0.39, 0.29) is 11.0 Å². The normalized spacial score (nSPS) is 10.3. The molecule has 0 aliphatic rings. The molecule has 0 aliphatic heterocycles. The molecule has 0 aliphatic carbocycles. The molecule has 0 radical (unpaired) electrons. The first-order valence-electron chi connectivity index (χ1n) is 8.79. The first-order chi connectivity index (χ1) is 14.0. The highest BCUT2D eigenvalue weighted by Gasteiger charge is 2.11. The fourth-order valence-electron chi connectivity index (χ4n) is 2.24. The van der Waals surface area contributed by atoms with Crippen molar-refractivity contribution in [2.45, 2.75) is 0 Å². The smallest absolute Gasteiger partial charge is 0.257 e. The van der Waals surface area contributed by atoms with E-state index in [2.05, 4.69) is 26.6 Å². The Hall–Kier alpha value is -2.20.